The van der Waals surface area contributed by atoms with Crippen molar-refractivity contribution >= 4 is 0 Å². The Morgan fingerprint density at radius 2 is 1.48 bits per heavy atom. The molecule has 0 heterocycles. The van der Waals surface area contributed by atoms with E-state index in [1.807, 2.05) is 0 Å². The first kappa shape index (κ1) is 18.9. The van der Waals surface area contributed by atoms with Crippen LogP contribution in [0, 0.1) is 29.4 Å². The Morgan fingerprint density at radius 3 is 2.08 bits per heavy atom. The van der Waals surface area contributed by atoms with Crippen LogP contribution in [0.5, 0.6) is 0 Å². The lowest BCUT2D eigenvalue weighted by Gasteiger charge is -2.38. The van der Waals surface area contributed by atoms with Gasteiger partial charge in [0.25, 0.3) is 0 Å². The smallest absolute Gasteiger partial charge is 0.129 e. The third-order valence-electron chi connectivity index (χ3n) is 6.95. The normalized spacial score (nSPS) is 30.4. The van der Waals surface area contributed by atoms with Gasteiger partial charge in [0.05, 0.1) is 0 Å². The maximum Gasteiger partial charge on any atom is 0.129 e. The Kier molecular flexibility index (Phi) is 6.90. The molecule has 0 unspecified atom stereocenters. The van der Waals surface area contributed by atoms with Crippen molar-refractivity contribution in [3.05, 3.63) is 35.4 Å². The average Bonchev–Trinajstić information content (AvgIpc) is 2.63. The molecule has 3 rings (SSSR count). The molecule has 0 bridgehead atoms. The Bertz CT molecular complexity index is 523. The molecule has 0 radical (unpaired) electrons. The number of benzene rings is 1. The van der Waals surface area contributed by atoms with Gasteiger partial charge >= 0.3 is 0 Å². The third kappa shape index (κ3) is 5.05. The maximum atomic E-state index is 14.0. The van der Waals surface area contributed by atoms with Gasteiger partial charge in [-0.05, 0) is 73.8 Å². The van der Waals surface area contributed by atoms with Crippen LogP contribution in [0.3, 0.4) is 0 Å². The van der Waals surface area contributed by atoms with Crippen molar-refractivity contribution < 1.29 is 8.78 Å². The van der Waals surface area contributed by atoms with Gasteiger partial charge < -0.3 is 0 Å². The van der Waals surface area contributed by atoms with Crippen molar-refractivity contribution in [2.45, 2.75) is 89.9 Å². The minimum absolute atomic E-state index is 0.294. The minimum Gasteiger partial charge on any atom is -0.207 e. The van der Waals surface area contributed by atoms with E-state index in [-0.39, 0.29) is 5.82 Å². The highest BCUT2D eigenvalue weighted by Gasteiger charge is 2.31. The summed E-state index contributed by atoms with van der Waals surface area (Å²) >= 11 is 0. The molecule has 2 heteroatoms. The van der Waals surface area contributed by atoms with Gasteiger partial charge in [-0.1, -0.05) is 51.5 Å². The summed E-state index contributed by atoms with van der Waals surface area (Å²) < 4.78 is 27.1. The summed E-state index contributed by atoms with van der Waals surface area (Å²) in [5.41, 5.74) is 0.736. The standard InChI is InChI=1S/C23H34F2/c1-2-3-4-5-17-6-8-18(9-7-17)19-10-12-20(13-11-19)22-15-14-21(24)16-23(22)25/h14-20H,2-13H2,1H3. The fraction of sp³-hybridized carbons (Fsp3) is 0.739. The molecule has 0 N–H and O–H groups in total. The van der Waals surface area contributed by atoms with Crippen LogP contribution in [0.2, 0.25) is 0 Å². The van der Waals surface area contributed by atoms with E-state index in [1.165, 1.54) is 70.3 Å². The quantitative estimate of drug-likeness (QED) is 0.464. The van der Waals surface area contributed by atoms with Gasteiger partial charge in [0.2, 0.25) is 0 Å². The van der Waals surface area contributed by atoms with Crippen LogP contribution in [0.4, 0.5) is 8.78 Å². The van der Waals surface area contributed by atoms with Crippen molar-refractivity contribution in [1.82, 2.24) is 0 Å². The van der Waals surface area contributed by atoms with Gasteiger partial charge in [0.1, 0.15) is 11.6 Å². The summed E-state index contributed by atoms with van der Waals surface area (Å²) in [5, 5.41) is 0. The first-order valence-corrected chi connectivity index (χ1v) is 10.6. The first-order valence-electron chi connectivity index (χ1n) is 10.6. The zero-order valence-electron chi connectivity index (χ0n) is 15.8. The van der Waals surface area contributed by atoms with E-state index in [0.717, 1.165) is 42.2 Å². The molecule has 0 amide bonds. The predicted octanol–water partition coefficient (Wildman–Crippen LogP) is 7.63. The van der Waals surface area contributed by atoms with Crippen molar-refractivity contribution in [2.75, 3.05) is 0 Å². The summed E-state index contributed by atoms with van der Waals surface area (Å²) in [6.45, 7) is 2.28. The second kappa shape index (κ2) is 9.14. The molecule has 0 spiro atoms. The molecule has 2 saturated carbocycles. The molecule has 0 atom stereocenters. The van der Waals surface area contributed by atoms with Gasteiger partial charge in [-0.25, -0.2) is 8.78 Å². The third-order valence-corrected chi connectivity index (χ3v) is 6.95. The number of unbranched alkanes of at least 4 members (excludes halogenated alkanes) is 2. The van der Waals surface area contributed by atoms with E-state index in [0.29, 0.717) is 5.92 Å². The highest BCUT2D eigenvalue weighted by Crippen LogP contribution is 2.44. The van der Waals surface area contributed by atoms with Crippen LogP contribution in [0.25, 0.3) is 0 Å². The van der Waals surface area contributed by atoms with Crippen LogP contribution in [-0.2, 0) is 0 Å². The van der Waals surface area contributed by atoms with Gasteiger partial charge in [-0.15, -0.1) is 0 Å². The van der Waals surface area contributed by atoms with Crippen LogP contribution in [0.15, 0.2) is 18.2 Å². The highest BCUT2D eigenvalue weighted by molar-refractivity contribution is 5.23. The largest absolute Gasteiger partial charge is 0.207 e. The van der Waals surface area contributed by atoms with E-state index in [4.69, 9.17) is 0 Å². The second-order valence-corrected chi connectivity index (χ2v) is 8.55. The van der Waals surface area contributed by atoms with Gasteiger partial charge in [-0.2, -0.15) is 0 Å². The Hall–Kier alpha value is -0.920. The summed E-state index contributed by atoms with van der Waals surface area (Å²) in [4.78, 5) is 0. The Morgan fingerprint density at radius 1 is 0.840 bits per heavy atom. The zero-order chi connectivity index (χ0) is 17.6. The van der Waals surface area contributed by atoms with E-state index < -0.39 is 5.82 Å². The van der Waals surface area contributed by atoms with Crippen molar-refractivity contribution in [3.63, 3.8) is 0 Å². The summed E-state index contributed by atoms with van der Waals surface area (Å²) in [7, 11) is 0. The van der Waals surface area contributed by atoms with Crippen molar-refractivity contribution in [2.24, 2.45) is 17.8 Å². The van der Waals surface area contributed by atoms with Crippen molar-refractivity contribution in [1.29, 1.82) is 0 Å². The van der Waals surface area contributed by atoms with Gasteiger partial charge in [0.15, 0.2) is 0 Å². The van der Waals surface area contributed by atoms with Crippen molar-refractivity contribution in [3.8, 4) is 0 Å². The summed E-state index contributed by atoms with van der Waals surface area (Å²) in [5.74, 6) is 2.20. The molecule has 140 valence electrons. The molecule has 25 heavy (non-hydrogen) atoms. The van der Waals surface area contributed by atoms with Crippen LogP contribution in [0.1, 0.15) is 95.5 Å². The highest BCUT2D eigenvalue weighted by atomic mass is 19.1. The monoisotopic (exact) mass is 348 g/mol. The van der Waals surface area contributed by atoms with Gasteiger partial charge in [0, 0.05) is 6.07 Å². The Labute approximate surface area is 152 Å². The lowest BCUT2D eigenvalue weighted by Crippen LogP contribution is -2.25. The predicted molar refractivity (Wildman–Crippen MR) is 101 cm³/mol. The van der Waals surface area contributed by atoms with E-state index in [9.17, 15) is 8.78 Å². The lowest BCUT2D eigenvalue weighted by molar-refractivity contribution is 0.155. The topological polar surface area (TPSA) is 0 Å². The number of rotatable bonds is 6. The molecule has 1 aromatic rings. The minimum atomic E-state index is -0.467. The molecule has 0 nitrogen and oxygen atoms in total. The summed E-state index contributed by atoms with van der Waals surface area (Å²) in [6.07, 6.45) is 15.9. The maximum absolute atomic E-state index is 14.0. The lowest BCUT2D eigenvalue weighted by atomic mass is 9.68. The zero-order valence-corrected chi connectivity index (χ0v) is 15.8. The number of hydrogen-bond donors (Lipinski definition) is 0. The van der Waals surface area contributed by atoms with E-state index in [2.05, 4.69) is 6.92 Å². The molecule has 0 aliphatic heterocycles. The summed E-state index contributed by atoms with van der Waals surface area (Å²) in [6, 6.07) is 4.11. The fourth-order valence-electron chi connectivity index (χ4n) is 5.37. The number of hydrogen-bond acceptors (Lipinski definition) is 0. The van der Waals surface area contributed by atoms with E-state index in [1.54, 1.807) is 6.07 Å². The van der Waals surface area contributed by atoms with Crippen LogP contribution >= 0.6 is 0 Å². The molecular formula is C23H34F2. The molecule has 1 aromatic carbocycles. The fourth-order valence-corrected chi connectivity index (χ4v) is 5.37. The van der Waals surface area contributed by atoms with E-state index >= 15 is 0 Å². The Balaban J connectivity index is 1.44. The van der Waals surface area contributed by atoms with Crippen LogP contribution in [-0.4, -0.2) is 0 Å². The van der Waals surface area contributed by atoms with Crippen LogP contribution < -0.4 is 0 Å². The molecule has 2 aliphatic carbocycles. The molecule has 0 aromatic heterocycles. The molecule has 0 saturated heterocycles. The SMILES string of the molecule is CCCCCC1CCC(C2CCC(c3ccc(F)cc3F)CC2)CC1. The first-order chi connectivity index (χ1) is 12.2. The molecular weight excluding hydrogens is 314 g/mol. The molecule has 2 aliphatic rings. The molecule has 2 fully saturated rings. The number of halogens is 2. The second-order valence-electron chi connectivity index (χ2n) is 8.55. The van der Waals surface area contributed by atoms with Gasteiger partial charge in [-0.3, -0.25) is 0 Å². The average molecular weight is 349 g/mol.